The number of benzene rings is 2. The number of carbonyl (C=O) groups is 2. The molecule has 2 saturated heterocycles. The van der Waals surface area contributed by atoms with Gasteiger partial charge in [0.15, 0.2) is 0 Å². The molecule has 2 amide bonds. The van der Waals surface area contributed by atoms with E-state index in [4.69, 9.17) is 21.1 Å². The van der Waals surface area contributed by atoms with Crippen LogP contribution < -0.4 is 15.0 Å². The third-order valence-corrected chi connectivity index (χ3v) is 6.73. The van der Waals surface area contributed by atoms with E-state index < -0.39 is 17.7 Å². The molecule has 0 bridgehead atoms. The van der Waals surface area contributed by atoms with Gasteiger partial charge in [-0.1, -0.05) is 23.7 Å². The molecule has 2 aromatic rings. The number of nitrogens with one attached hydrogen (secondary N) is 1. The number of rotatable bonds is 5. The van der Waals surface area contributed by atoms with E-state index in [9.17, 15) is 9.59 Å². The third-order valence-electron chi connectivity index (χ3n) is 6.44. The van der Waals surface area contributed by atoms with Gasteiger partial charge in [-0.05, 0) is 82.9 Å². The fraction of sp³-hybridized carbons (Fsp3) is 0.500. The predicted molar refractivity (Wildman–Crippen MR) is 143 cm³/mol. The fourth-order valence-electron chi connectivity index (χ4n) is 4.71. The van der Waals surface area contributed by atoms with Crippen LogP contribution in [0.1, 0.15) is 52.0 Å². The summed E-state index contributed by atoms with van der Waals surface area (Å²) >= 11 is 6.53. The SMILES string of the molecule is Cc1cccc(N2CC[C@H](Oc3ccc(NC(=O)[C@H]4CCCCN4C(=O)OC(C)(C)C)cc3Cl)C2)c1. The van der Waals surface area contributed by atoms with Crippen LogP contribution >= 0.6 is 11.6 Å². The Kier molecular flexibility index (Phi) is 7.98. The molecule has 8 heteroatoms. The summed E-state index contributed by atoms with van der Waals surface area (Å²) in [6, 6.07) is 13.2. The Hall–Kier alpha value is -2.93. The van der Waals surface area contributed by atoms with Gasteiger partial charge in [-0.25, -0.2) is 4.79 Å². The van der Waals surface area contributed by atoms with Crippen LogP contribution in [0.2, 0.25) is 5.02 Å². The van der Waals surface area contributed by atoms with Crippen molar-refractivity contribution in [2.75, 3.05) is 29.9 Å². The number of likely N-dealkylation sites (tertiary alicyclic amines) is 1. The van der Waals surface area contributed by atoms with Crippen molar-refractivity contribution in [3.8, 4) is 5.75 Å². The van der Waals surface area contributed by atoms with E-state index in [1.807, 2.05) is 20.8 Å². The lowest BCUT2D eigenvalue weighted by molar-refractivity contribution is -0.122. The molecule has 2 fully saturated rings. The standard InChI is InChI=1S/C28H36ClN3O4/c1-19-8-7-9-21(16-19)31-15-13-22(18-31)35-25-12-11-20(17-23(25)29)30-26(33)24-10-5-6-14-32(24)27(34)36-28(2,3)4/h7-9,11-12,16-17,22,24H,5-6,10,13-15,18H2,1-4H3,(H,30,33)/t22-,24+/m0/s1. The summed E-state index contributed by atoms with van der Waals surface area (Å²) in [5, 5.41) is 3.36. The molecule has 7 nitrogen and oxygen atoms in total. The van der Waals surface area contributed by atoms with Gasteiger partial charge in [0.2, 0.25) is 5.91 Å². The second-order valence-electron chi connectivity index (χ2n) is 10.6. The highest BCUT2D eigenvalue weighted by molar-refractivity contribution is 6.32. The van der Waals surface area contributed by atoms with Crippen molar-refractivity contribution in [3.63, 3.8) is 0 Å². The zero-order valence-electron chi connectivity index (χ0n) is 21.6. The van der Waals surface area contributed by atoms with Gasteiger partial charge in [-0.3, -0.25) is 9.69 Å². The van der Waals surface area contributed by atoms with E-state index in [0.29, 0.717) is 29.4 Å². The molecule has 0 radical (unpaired) electrons. The van der Waals surface area contributed by atoms with Crippen LogP contribution in [0.5, 0.6) is 5.75 Å². The molecule has 194 valence electrons. The highest BCUT2D eigenvalue weighted by Gasteiger charge is 2.35. The van der Waals surface area contributed by atoms with Gasteiger partial charge in [0.05, 0.1) is 11.6 Å². The van der Waals surface area contributed by atoms with Crippen LogP contribution in [-0.4, -0.2) is 54.3 Å². The molecule has 0 aromatic heterocycles. The Labute approximate surface area is 218 Å². The molecule has 0 saturated carbocycles. The number of halogens is 1. The minimum Gasteiger partial charge on any atom is -0.487 e. The van der Waals surface area contributed by atoms with E-state index in [1.165, 1.54) is 16.2 Å². The first kappa shape index (κ1) is 26.1. The van der Waals surface area contributed by atoms with Crippen molar-refractivity contribution < 1.29 is 19.1 Å². The molecule has 0 spiro atoms. The monoisotopic (exact) mass is 513 g/mol. The predicted octanol–water partition coefficient (Wildman–Crippen LogP) is 6.03. The Morgan fingerprint density at radius 3 is 2.58 bits per heavy atom. The van der Waals surface area contributed by atoms with Crippen LogP contribution in [0, 0.1) is 6.92 Å². The van der Waals surface area contributed by atoms with Gasteiger partial charge in [0.25, 0.3) is 0 Å². The number of hydrogen-bond donors (Lipinski definition) is 1. The van der Waals surface area contributed by atoms with Crippen molar-refractivity contribution in [3.05, 3.63) is 53.1 Å². The average molecular weight is 514 g/mol. The third kappa shape index (κ3) is 6.64. The zero-order chi connectivity index (χ0) is 25.9. The average Bonchev–Trinajstić information content (AvgIpc) is 3.28. The number of nitrogens with zero attached hydrogens (tertiary/aromatic N) is 2. The minimum absolute atomic E-state index is 0.0353. The highest BCUT2D eigenvalue weighted by Crippen LogP contribution is 2.31. The van der Waals surface area contributed by atoms with Gasteiger partial charge in [-0.2, -0.15) is 0 Å². The summed E-state index contributed by atoms with van der Waals surface area (Å²) in [4.78, 5) is 29.6. The lowest BCUT2D eigenvalue weighted by atomic mass is 10.0. The fourth-order valence-corrected chi connectivity index (χ4v) is 4.93. The van der Waals surface area contributed by atoms with Gasteiger partial charge < -0.3 is 19.7 Å². The summed E-state index contributed by atoms with van der Waals surface area (Å²) in [6.07, 6.45) is 2.81. The summed E-state index contributed by atoms with van der Waals surface area (Å²) in [6.45, 7) is 9.78. The second-order valence-corrected chi connectivity index (χ2v) is 11.0. The van der Waals surface area contributed by atoms with Gasteiger partial charge in [0, 0.05) is 30.9 Å². The van der Waals surface area contributed by atoms with Crippen molar-refractivity contribution in [1.82, 2.24) is 4.90 Å². The van der Waals surface area contributed by atoms with Gasteiger partial charge >= 0.3 is 6.09 Å². The molecule has 2 aliphatic rings. The Bertz CT molecular complexity index is 1100. The molecule has 0 aliphatic carbocycles. The molecule has 2 aliphatic heterocycles. The number of hydrogen-bond acceptors (Lipinski definition) is 5. The van der Waals surface area contributed by atoms with E-state index in [2.05, 4.69) is 41.4 Å². The van der Waals surface area contributed by atoms with Crippen LogP contribution in [0.15, 0.2) is 42.5 Å². The summed E-state index contributed by atoms with van der Waals surface area (Å²) in [5.74, 6) is 0.355. The topological polar surface area (TPSA) is 71.1 Å². The van der Waals surface area contributed by atoms with Crippen LogP contribution in [0.4, 0.5) is 16.2 Å². The maximum absolute atomic E-state index is 13.1. The van der Waals surface area contributed by atoms with Gasteiger partial charge in [-0.15, -0.1) is 0 Å². The molecule has 0 unspecified atom stereocenters. The quantitative estimate of drug-likeness (QED) is 0.528. The number of aryl methyl sites for hydroxylation is 1. The Morgan fingerprint density at radius 1 is 1.06 bits per heavy atom. The molecule has 2 atom stereocenters. The van der Waals surface area contributed by atoms with E-state index >= 15 is 0 Å². The minimum atomic E-state index is -0.616. The first-order chi connectivity index (χ1) is 17.1. The lowest BCUT2D eigenvalue weighted by Crippen LogP contribution is -2.51. The molecule has 4 rings (SSSR count). The van der Waals surface area contributed by atoms with E-state index in [1.54, 1.807) is 18.2 Å². The molecular formula is C28H36ClN3O4. The summed E-state index contributed by atoms with van der Waals surface area (Å²) in [7, 11) is 0. The number of piperidine rings is 1. The van der Waals surface area contributed by atoms with Crippen LogP contribution in [-0.2, 0) is 9.53 Å². The zero-order valence-corrected chi connectivity index (χ0v) is 22.3. The number of carbonyl (C=O) groups excluding carboxylic acids is 2. The normalized spacial score (nSPS) is 20.2. The Morgan fingerprint density at radius 2 is 1.86 bits per heavy atom. The molecule has 2 heterocycles. The van der Waals surface area contributed by atoms with Crippen molar-refractivity contribution in [1.29, 1.82) is 0 Å². The molecular weight excluding hydrogens is 478 g/mol. The van der Waals surface area contributed by atoms with Crippen molar-refractivity contribution in [2.45, 2.75) is 71.1 Å². The smallest absolute Gasteiger partial charge is 0.410 e. The first-order valence-electron chi connectivity index (χ1n) is 12.7. The van der Waals surface area contributed by atoms with Crippen molar-refractivity contribution in [2.24, 2.45) is 0 Å². The van der Waals surface area contributed by atoms with Gasteiger partial charge in [0.1, 0.15) is 23.5 Å². The molecule has 36 heavy (non-hydrogen) atoms. The summed E-state index contributed by atoms with van der Waals surface area (Å²) in [5.41, 5.74) is 2.39. The van der Waals surface area contributed by atoms with Crippen LogP contribution in [0.25, 0.3) is 0 Å². The van der Waals surface area contributed by atoms with Crippen LogP contribution in [0.3, 0.4) is 0 Å². The largest absolute Gasteiger partial charge is 0.487 e. The first-order valence-corrected chi connectivity index (χ1v) is 13.1. The van der Waals surface area contributed by atoms with Crippen molar-refractivity contribution >= 4 is 35.0 Å². The maximum atomic E-state index is 13.1. The highest BCUT2D eigenvalue weighted by atomic mass is 35.5. The van der Waals surface area contributed by atoms with E-state index in [-0.39, 0.29) is 12.0 Å². The maximum Gasteiger partial charge on any atom is 0.410 e. The van der Waals surface area contributed by atoms with E-state index in [0.717, 1.165) is 32.4 Å². The Balaban J connectivity index is 1.36. The summed E-state index contributed by atoms with van der Waals surface area (Å²) < 4.78 is 11.7. The number of amides is 2. The number of ether oxygens (including phenoxy) is 2. The number of anilines is 2. The second kappa shape index (κ2) is 11.0. The lowest BCUT2D eigenvalue weighted by Gasteiger charge is -2.35. The molecule has 2 aromatic carbocycles. The molecule has 1 N–H and O–H groups in total.